The van der Waals surface area contributed by atoms with Crippen LogP contribution in [0.1, 0.15) is 11.1 Å². The lowest BCUT2D eigenvalue weighted by Crippen LogP contribution is -2.19. The van der Waals surface area contributed by atoms with Gasteiger partial charge in [-0.1, -0.05) is 48.5 Å². The van der Waals surface area contributed by atoms with Gasteiger partial charge in [0.2, 0.25) is 5.91 Å². The fourth-order valence-corrected chi connectivity index (χ4v) is 3.33. The van der Waals surface area contributed by atoms with Crippen molar-refractivity contribution >= 4 is 22.6 Å². The van der Waals surface area contributed by atoms with Crippen molar-refractivity contribution in [3.63, 3.8) is 0 Å². The van der Waals surface area contributed by atoms with Gasteiger partial charge in [0, 0.05) is 11.3 Å². The van der Waals surface area contributed by atoms with E-state index in [0.29, 0.717) is 0 Å². The average Bonchev–Trinajstić information content (AvgIpc) is 3.00. The molecule has 0 bridgehead atoms. The van der Waals surface area contributed by atoms with Gasteiger partial charge in [0.15, 0.2) is 0 Å². The molecule has 0 aliphatic carbocycles. The van der Waals surface area contributed by atoms with E-state index in [0.717, 1.165) is 39.2 Å². The van der Waals surface area contributed by atoms with Crippen LogP contribution in [0.25, 0.3) is 22.4 Å². The third-order valence-electron chi connectivity index (χ3n) is 4.64. The summed E-state index contributed by atoms with van der Waals surface area (Å²) in [6.07, 6.45) is 0. The first kappa shape index (κ1) is 17.0. The molecule has 0 atom stereocenters. The molecule has 0 unspecified atom stereocenters. The molecule has 0 saturated heterocycles. The van der Waals surface area contributed by atoms with Crippen molar-refractivity contribution in [2.24, 2.45) is 0 Å². The van der Waals surface area contributed by atoms with Crippen molar-refractivity contribution in [2.45, 2.75) is 20.4 Å². The third-order valence-corrected chi connectivity index (χ3v) is 4.64. The molecule has 27 heavy (non-hydrogen) atoms. The minimum absolute atomic E-state index is 0.0708. The monoisotopic (exact) mass is 355 g/mol. The Kier molecular flexibility index (Phi) is 4.47. The maximum Gasteiger partial charge on any atom is 0.244 e. The van der Waals surface area contributed by atoms with Crippen molar-refractivity contribution in [1.82, 2.24) is 9.55 Å². The van der Waals surface area contributed by atoms with Crippen molar-refractivity contribution in [3.05, 3.63) is 83.9 Å². The summed E-state index contributed by atoms with van der Waals surface area (Å²) in [5, 5.41) is 2.99. The summed E-state index contributed by atoms with van der Waals surface area (Å²) in [6, 6.07) is 23.9. The van der Waals surface area contributed by atoms with Gasteiger partial charge < -0.3 is 9.88 Å². The average molecular weight is 355 g/mol. The summed E-state index contributed by atoms with van der Waals surface area (Å²) in [5.74, 6) is 0.743. The van der Waals surface area contributed by atoms with Crippen LogP contribution in [0.5, 0.6) is 0 Å². The van der Waals surface area contributed by atoms with Crippen LogP contribution in [0, 0.1) is 13.8 Å². The summed E-state index contributed by atoms with van der Waals surface area (Å²) < 4.78 is 1.99. The summed E-state index contributed by atoms with van der Waals surface area (Å²) in [6.45, 7) is 4.28. The number of rotatable bonds is 4. The largest absolute Gasteiger partial charge is 0.325 e. The first-order valence-corrected chi connectivity index (χ1v) is 8.99. The van der Waals surface area contributed by atoms with E-state index in [1.165, 1.54) is 0 Å². The Morgan fingerprint density at radius 1 is 0.963 bits per heavy atom. The van der Waals surface area contributed by atoms with Gasteiger partial charge in [-0.3, -0.25) is 4.79 Å². The molecular formula is C23H21N3O. The maximum atomic E-state index is 12.7. The summed E-state index contributed by atoms with van der Waals surface area (Å²) in [7, 11) is 0. The second-order valence-electron chi connectivity index (χ2n) is 6.74. The predicted molar refractivity (Wildman–Crippen MR) is 110 cm³/mol. The third kappa shape index (κ3) is 3.47. The molecule has 0 spiro atoms. The number of aryl methyl sites for hydroxylation is 2. The first-order valence-electron chi connectivity index (χ1n) is 8.99. The number of imidazole rings is 1. The SMILES string of the molecule is Cc1cccc(NC(=O)Cn2c(-c3ccccc3C)nc3ccccc32)c1. The summed E-state index contributed by atoms with van der Waals surface area (Å²) >= 11 is 0. The zero-order valence-corrected chi connectivity index (χ0v) is 15.4. The van der Waals surface area contributed by atoms with Gasteiger partial charge >= 0.3 is 0 Å². The highest BCUT2D eigenvalue weighted by Crippen LogP contribution is 2.27. The molecule has 4 rings (SSSR count). The summed E-state index contributed by atoms with van der Waals surface area (Å²) in [5.41, 5.74) is 5.93. The van der Waals surface area contributed by atoms with Crippen LogP contribution in [0.4, 0.5) is 5.69 Å². The molecule has 1 aromatic heterocycles. The molecule has 1 amide bonds. The van der Waals surface area contributed by atoms with Crippen molar-refractivity contribution in [3.8, 4) is 11.4 Å². The van der Waals surface area contributed by atoms with E-state index in [9.17, 15) is 4.79 Å². The number of benzene rings is 3. The lowest BCUT2D eigenvalue weighted by molar-refractivity contribution is -0.116. The van der Waals surface area contributed by atoms with E-state index in [-0.39, 0.29) is 12.5 Å². The second-order valence-corrected chi connectivity index (χ2v) is 6.74. The second kappa shape index (κ2) is 7.08. The van der Waals surface area contributed by atoms with Gasteiger partial charge in [0.1, 0.15) is 12.4 Å². The Balaban J connectivity index is 1.73. The van der Waals surface area contributed by atoms with Crippen LogP contribution in [0.15, 0.2) is 72.8 Å². The fraction of sp³-hybridized carbons (Fsp3) is 0.130. The molecule has 0 aliphatic heterocycles. The zero-order valence-electron chi connectivity index (χ0n) is 15.4. The maximum absolute atomic E-state index is 12.7. The highest BCUT2D eigenvalue weighted by atomic mass is 16.1. The number of aromatic nitrogens is 2. The Morgan fingerprint density at radius 2 is 1.74 bits per heavy atom. The number of nitrogens with one attached hydrogen (secondary N) is 1. The Morgan fingerprint density at radius 3 is 2.56 bits per heavy atom. The molecule has 3 aromatic carbocycles. The number of carbonyl (C=O) groups is 1. The topological polar surface area (TPSA) is 46.9 Å². The van der Waals surface area contributed by atoms with Gasteiger partial charge in [-0.15, -0.1) is 0 Å². The van der Waals surface area contributed by atoms with Gasteiger partial charge in [0.25, 0.3) is 0 Å². The van der Waals surface area contributed by atoms with Gasteiger partial charge in [-0.2, -0.15) is 0 Å². The van der Waals surface area contributed by atoms with Crippen LogP contribution < -0.4 is 5.32 Å². The highest BCUT2D eigenvalue weighted by molar-refractivity contribution is 5.92. The number of carbonyl (C=O) groups excluding carboxylic acids is 1. The van der Waals surface area contributed by atoms with E-state index in [1.54, 1.807) is 0 Å². The Labute approximate surface area is 158 Å². The highest BCUT2D eigenvalue weighted by Gasteiger charge is 2.16. The van der Waals surface area contributed by atoms with Gasteiger partial charge in [-0.05, 0) is 49.2 Å². The first-order chi connectivity index (χ1) is 13.1. The van der Waals surface area contributed by atoms with E-state index in [4.69, 9.17) is 4.98 Å². The quantitative estimate of drug-likeness (QED) is 0.562. The summed E-state index contributed by atoms with van der Waals surface area (Å²) in [4.78, 5) is 17.5. The molecule has 4 aromatic rings. The number of fused-ring (bicyclic) bond motifs is 1. The lowest BCUT2D eigenvalue weighted by Gasteiger charge is -2.12. The van der Waals surface area contributed by atoms with E-state index >= 15 is 0 Å². The molecule has 4 heteroatoms. The predicted octanol–water partition coefficient (Wildman–Crippen LogP) is 4.96. The minimum Gasteiger partial charge on any atom is -0.325 e. The Bertz CT molecular complexity index is 1130. The normalized spacial score (nSPS) is 10.9. The number of amides is 1. The molecule has 1 N–H and O–H groups in total. The van der Waals surface area contributed by atoms with E-state index in [1.807, 2.05) is 78.2 Å². The minimum atomic E-state index is -0.0708. The van der Waals surface area contributed by atoms with Gasteiger partial charge in [0.05, 0.1) is 11.0 Å². The molecule has 1 heterocycles. The molecule has 0 radical (unpaired) electrons. The molecule has 0 fully saturated rings. The number of anilines is 1. The van der Waals surface area contributed by atoms with Crippen molar-refractivity contribution < 1.29 is 4.79 Å². The van der Waals surface area contributed by atoms with Crippen LogP contribution >= 0.6 is 0 Å². The zero-order chi connectivity index (χ0) is 18.8. The number of hydrogen-bond donors (Lipinski definition) is 1. The van der Waals surface area contributed by atoms with Gasteiger partial charge in [-0.25, -0.2) is 4.98 Å². The molecule has 4 nitrogen and oxygen atoms in total. The molecule has 0 aliphatic rings. The van der Waals surface area contributed by atoms with Crippen molar-refractivity contribution in [2.75, 3.05) is 5.32 Å². The van der Waals surface area contributed by atoms with Crippen LogP contribution in [-0.2, 0) is 11.3 Å². The molecular weight excluding hydrogens is 334 g/mol. The van der Waals surface area contributed by atoms with Crippen LogP contribution in [0.2, 0.25) is 0 Å². The number of para-hydroxylation sites is 2. The number of nitrogens with zero attached hydrogens (tertiary/aromatic N) is 2. The Hall–Kier alpha value is -3.40. The van der Waals surface area contributed by atoms with E-state index in [2.05, 4.69) is 18.3 Å². The number of hydrogen-bond acceptors (Lipinski definition) is 2. The molecule has 134 valence electrons. The van der Waals surface area contributed by atoms with E-state index < -0.39 is 0 Å². The fourth-order valence-electron chi connectivity index (χ4n) is 3.33. The standard InChI is InChI=1S/C23H21N3O/c1-16-8-7-10-18(14-16)24-22(27)15-26-21-13-6-5-12-20(21)25-23(26)19-11-4-3-9-17(19)2/h3-14H,15H2,1-2H3,(H,24,27). The van der Waals surface area contributed by atoms with Crippen LogP contribution in [0.3, 0.4) is 0 Å². The van der Waals surface area contributed by atoms with Crippen molar-refractivity contribution in [1.29, 1.82) is 0 Å². The smallest absolute Gasteiger partial charge is 0.244 e. The lowest BCUT2D eigenvalue weighted by atomic mass is 10.1. The molecule has 0 saturated carbocycles. The van der Waals surface area contributed by atoms with Crippen LogP contribution in [-0.4, -0.2) is 15.5 Å².